The molecule has 0 aliphatic carbocycles. The highest BCUT2D eigenvalue weighted by Gasteiger charge is 2.07. The van der Waals surface area contributed by atoms with E-state index < -0.39 is 0 Å². The molecule has 0 saturated heterocycles. The molecule has 0 amide bonds. The highest BCUT2D eigenvalue weighted by Crippen LogP contribution is 2.28. The van der Waals surface area contributed by atoms with Crippen LogP contribution in [0.25, 0.3) is 0 Å². The van der Waals surface area contributed by atoms with E-state index in [9.17, 15) is 0 Å². The van der Waals surface area contributed by atoms with E-state index in [1.807, 2.05) is 32.0 Å². The average molecular weight is 314 g/mol. The van der Waals surface area contributed by atoms with E-state index in [1.165, 1.54) is 0 Å². The van der Waals surface area contributed by atoms with Gasteiger partial charge in [-0.05, 0) is 43.1 Å². The molecule has 0 saturated carbocycles. The molecule has 0 aliphatic heterocycles. The Hall–Kier alpha value is -1.13. The van der Waals surface area contributed by atoms with Crippen molar-refractivity contribution in [3.63, 3.8) is 0 Å². The van der Waals surface area contributed by atoms with Gasteiger partial charge in [-0.1, -0.05) is 22.0 Å². The zero-order chi connectivity index (χ0) is 12.4. The molecule has 5 heteroatoms. The van der Waals surface area contributed by atoms with Crippen LogP contribution in [0.15, 0.2) is 28.9 Å². The molecule has 0 aliphatic rings. The largest absolute Gasteiger partial charge is 0.438 e. The van der Waals surface area contributed by atoms with Crippen molar-refractivity contribution in [2.45, 2.75) is 13.8 Å². The van der Waals surface area contributed by atoms with Crippen LogP contribution in [0.5, 0.6) is 11.6 Å². The van der Waals surface area contributed by atoms with E-state index in [4.69, 9.17) is 16.3 Å². The predicted molar refractivity (Wildman–Crippen MR) is 70.7 cm³/mol. The minimum absolute atomic E-state index is 0.179. The van der Waals surface area contributed by atoms with Gasteiger partial charge < -0.3 is 4.74 Å². The Morgan fingerprint density at radius 3 is 2.76 bits per heavy atom. The molecule has 3 nitrogen and oxygen atoms in total. The van der Waals surface area contributed by atoms with Crippen molar-refractivity contribution in [3.05, 3.63) is 45.3 Å². The molecule has 0 fully saturated rings. The van der Waals surface area contributed by atoms with Gasteiger partial charge in [-0.2, -0.15) is 4.98 Å². The number of hydrogen-bond donors (Lipinski definition) is 0. The van der Waals surface area contributed by atoms with Crippen molar-refractivity contribution in [1.29, 1.82) is 0 Å². The molecule has 0 unspecified atom stereocenters. The lowest BCUT2D eigenvalue weighted by Gasteiger charge is -2.10. The lowest BCUT2D eigenvalue weighted by molar-refractivity contribution is 0.454. The first-order valence-electron chi connectivity index (χ1n) is 4.99. The third-order valence-electron chi connectivity index (χ3n) is 2.25. The summed E-state index contributed by atoms with van der Waals surface area (Å²) < 4.78 is 6.69. The monoisotopic (exact) mass is 312 g/mol. The second-order valence-electron chi connectivity index (χ2n) is 3.64. The molecule has 0 bridgehead atoms. The minimum Gasteiger partial charge on any atom is -0.438 e. The van der Waals surface area contributed by atoms with Gasteiger partial charge in [-0.3, -0.25) is 0 Å². The van der Waals surface area contributed by atoms with Crippen LogP contribution in [0, 0.1) is 13.8 Å². The Bertz CT molecular complexity index is 511. The van der Waals surface area contributed by atoms with Crippen LogP contribution in [0.3, 0.4) is 0 Å². The Morgan fingerprint density at radius 1 is 1.24 bits per heavy atom. The second kappa shape index (κ2) is 5.02. The van der Waals surface area contributed by atoms with Crippen LogP contribution in [0.2, 0.25) is 5.28 Å². The SMILES string of the molecule is Cc1ccc(Br)cc1Oc1nc(Cl)ncc1C. The smallest absolute Gasteiger partial charge is 0.226 e. The first-order valence-corrected chi connectivity index (χ1v) is 6.16. The first kappa shape index (κ1) is 12.3. The van der Waals surface area contributed by atoms with E-state index in [0.717, 1.165) is 21.3 Å². The fourth-order valence-electron chi connectivity index (χ4n) is 1.30. The van der Waals surface area contributed by atoms with Gasteiger partial charge in [0.05, 0.1) is 0 Å². The minimum atomic E-state index is 0.179. The molecular weight excluding hydrogens is 304 g/mol. The van der Waals surface area contributed by atoms with Crippen molar-refractivity contribution in [2.24, 2.45) is 0 Å². The predicted octanol–water partition coefficient (Wildman–Crippen LogP) is 4.30. The van der Waals surface area contributed by atoms with Crippen LogP contribution < -0.4 is 4.74 Å². The molecule has 2 aromatic rings. The number of benzene rings is 1. The maximum atomic E-state index is 5.74. The normalized spacial score (nSPS) is 10.4. The number of halogens is 2. The van der Waals surface area contributed by atoms with Gasteiger partial charge in [-0.15, -0.1) is 0 Å². The summed E-state index contributed by atoms with van der Waals surface area (Å²) >= 11 is 9.15. The zero-order valence-corrected chi connectivity index (χ0v) is 11.7. The molecule has 1 aromatic carbocycles. The molecule has 2 rings (SSSR count). The molecule has 0 radical (unpaired) electrons. The summed E-state index contributed by atoms with van der Waals surface area (Å²) in [5.74, 6) is 1.23. The van der Waals surface area contributed by atoms with E-state index in [0.29, 0.717) is 5.88 Å². The van der Waals surface area contributed by atoms with Gasteiger partial charge in [-0.25, -0.2) is 4.98 Å². The molecular formula is C12H10BrClN2O. The Kier molecular flexibility index (Phi) is 3.64. The standard InChI is InChI=1S/C12H10BrClN2O/c1-7-3-4-9(13)5-10(7)17-11-8(2)6-15-12(14)16-11/h3-6H,1-2H3. The van der Waals surface area contributed by atoms with Crippen LogP contribution >= 0.6 is 27.5 Å². The lowest BCUT2D eigenvalue weighted by Crippen LogP contribution is -1.95. The number of rotatable bonds is 2. The van der Waals surface area contributed by atoms with Crippen molar-refractivity contribution < 1.29 is 4.74 Å². The van der Waals surface area contributed by atoms with Gasteiger partial charge >= 0.3 is 0 Å². The van der Waals surface area contributed by atoms with Crippen LogP contribution in [-0.4, -0.2) is 9.97 Å². The quantitative estimate of drug-likeness (QED) is 0.775. The van der Waals surface area contributed by atoms with Crippen molar-refractivity contribution in [1.82, 2.24) is 9.97 Å². The molecule has 0 atom stereocenters. The van der Waals surface area contributed by atoms with Gasteiger partial charge in [0, 0.05) is 16.2 Å². The third kappa shape index (κ3) is 2.96. The number of ether oxygens (including phenoxy) is 1. The summed E-state index contributed by atoms with van der Waals surface area (Å²) in [4.78, 5) is 7.94. The molecule has 1 aromatic heterocycles. The maximum Gasteiger partial charge on any atom is 0.226 e. The molecule has 0 N–H and O–H groups in total. The third-order valence-corrected chi connectivity index (χ3v) is 2.93. The summed E-state index contributed by atoms with van der Waals surface area (Å²) in [6.45, 7) is 3.85. The summed E-state index contributed by atoms with van der Waals surface area (Å²) in [6, 6.07) is 5.82. The van der Waals surface area contributed by atoms with Gasteiger partial charge in [0.25, 0.3) is 0 Å². The molecule has 1 heterocycles. The number of hydrogen-bond acceptors (Lipinski definition) is 3. The van der Waals surface area contributed by atoms with Gasteiger partial charge in [0.2, 0.25) is 11.2 Å². The van der Waals surface area contributed by atoms with Crippen LogP contribution in [-0.2, 0) is 0 Å². The summed E-state index contributed by atoms with van der Waals surface area (Å²) in [5.41, 5.74) is 1.87. The van der Waals surface area contributed by atoms with E-state index in [2.05, 4.69) is 25.9 Å². The van der Waals surface area contributed by atoms with Crippen molar-refractivity contribution in [3.8, 4) is 11.6 Å². The van der Waals surface area contributed by atoms with Gasteiger partial charge in [0.15, 0.2) is 0 Å². The van der Waals surface area contributed by atoms with Crippen LogP contribution in [0.4, 0.5) is 0 Å². The van der Waals surface area contributed by atoms with Crippen LogP contribution in [0.1, 0.15) is 11.1 Å². The van der Waals surface area contributed by atoms with Crippen molar-refractivity contribution in [2.75, 3.05) is 0 Å². The van der Waals surface area contributed by atoms with E-state index in [-0.39, 0.29) is 5.28 Å². The Labute approximate surface area is 113 Å². The number of aromatic nitrogens is 2. The number of nitrogens with zero attached hydrogens (tertiary/aromatic N) is 2. The average Bonchev–Trinajstić information content (AvgIpc) is 2.28. The summed E-state index contributed by atoms with van der Waals surface area (Å²) in [6.07, 6.45) is 1.64. The first-order chi connectivity index (χ1) is 8.06. The molecule has 0 spiro atoms. The summed E-state index contributed by atoms with van der Waals surface area (Å²) in [7, 11) is 0. The van der Waals surface area contributed by atoms with Gasteiger partial charge in [0.1, 0.15) is 5.75 Å². The molecule has 88 valence electrons. The zero-order valence-electron chi connectivity index (χ0n) is 9.37. The lowest BCUT2D eigenvalue weighted by atomic mass is 10.2. The maximum absolute atomic E-state index is 5.74. The molecule has 17 heavy (non-hydrogen) atoms. The van der Waals surface area contributed by atoms with E-state index in [1.54, 1.807) is 6.20 Å². The van der Waals surface area contributed by atoms with E-state index >= 15 is 0 Å². The van der Waals surface area contributed by atoms with Crippen molar-refractivity contribution >= 4 is 27.5 Å². The highest BCUT2D eigenvalue weighted by molar-refractivity contribution is 9.10. The highest BCUT2D eigenvalue weighted by atomic mass is 79.9. The second-order valence-corrected chi connectivity index (χ2v) is 4.89. The Morgan fingerprint density at radius 2 is 2.00 bits per heavy atom. The summed E-state index contributed by atoms with van der Waals surface area (Å²) in [5, 5.41) is 0.179. The number of aryl methyl sites for hydroxylation is 2. The fourth-order valence-corrected chi connectivity index (χ4v) is 1.76. The topological polar surface area (TPSA) is 35.0 Å². The fraction of sp³-hybridized carbons (Fsp3) is 0.167. The Balaban J connectivity index is 2.37.